The van der Waals surface area contributed by atoms with Crippen molar-refractivity contribution in [3.8, 4) is 5.75 Å². The van der Waals surface area contributed by atoms with Crippen molar-refractivity contribution in [3.63, 3.8) is 0 Å². The SMILES string of the molecule is NC(=O)COc1ccc(CNC2CC=CCC2)cc1. The van der Waals surface area contributed by atoms with Crippen LogP contribution in [0.2, 0.25) is 0 Å². The molecule has 2 rings (SSSR count). The predicted molar refractivity (Wildman–Crippen MR) is 74.8 cm³/mol. The van der Waals surface area contributed by atoms with Gasteiger partial charge in [0, 0.05) is 12.6 Å². The van der Waals surface area contributed by atoms with Gasteiger partial charge in [-0.05, 0) is 37.0 Å². The topological polar surface area (TPSA) is 64.4 Å². The summed E-state index contributed by atoms with van der Waals surface area (Å²) in [4.78, 5) is 10.6. The molecule has 1 aromatic carbocycles. The number of carbonyl (C=O) groups excluding carboxylic acids is 1. The van der Waals surface area contributed by atoms with Crippen LogP contribution in [-0.4, -0.2) is 18.6 Å². The average molecular weight is 260 g/mol. The Labute approximate surface area is 113 Å². The van der Waals surface area contributed by atoms with Crippen molar-refractivity contribution in [2.24, 2.45) is 5.73 Å². The fourth-order valence-electron chi connectivity index (χ4n) is 2.10. The number of nitrogens with two attached hydrogens (primary N) is 1. The van der Waals surface area contributed by atoms with Gasteiger partial charge < -0.3 is 15.8 Å². The molecule has 0 bridgehead atoms. The zero-order chi connectivity index (χ0) is 13.5. The largest absolute Gasteiger partial charge is 0.484 e. The number of primary amides is 1. The maximum atomic E-state index is 10.6. The molecule has 102 valence electrons. The number of rotatable bonds is 6. The molecule has 4 nitrogen and oxygen atoms in total. The molecule has 0 radical (unpaired) electrons. The van der Waals surface area contributed by atoms with E-state index in [-0.39, 0.29) is 6.61 Å². The van der Waals surface area contributed by atoms with Gasteiger partial charge in [0.05, 0.1) is 0 Å². The number of amides is 1. The van der Waals surface area contributed by atoms with Crippen molar-refractivity contribution in [1.29, 1.82) is 0 Å². The molecule has 3 N–H and O–H groups in total. The Kier molecular flexibility index (Phi) is 4.98. The van der Waals surface area contributed by atoms with E-state index in [1.54, 1.807) is 0 Å². The van der Waals surface area contributed by atoms with Crippen LogP contribution in [0.3, 0.4) is 0 Å². The van der Waals surface area contributed by atoms with E-state index in [0.29, 0.717) is 11.8 Å². The molecular weight excluding hydrogens is 240 g/mol. The standard InChI is InChI=1S/C15H20N2O2/c16-15(18)11-19-14-8-6-12(7-9-14)10-17-13-4-2-1-3-5-13/h1-2,6-9,13,17H,3-5,10-11H2,(H2,16,18). The summed E-state index contributed by atoms with van der Waals surface area (Å²) in [5.41, 5.74) is 6.23. The van der Waals surface area contributed by atoms with Gasteiger partial charge >= 0.3 is 0 Å². The van der Waals surface area contributed by atoms with Crippen LogP contribution in [0.1, 0.15) is 24.8 Å². The first-order valence-electron chi connectivity index (χ1n) is 6.62. The van der Waals surface area contributed by atoms with E-state index in [9.17, 15) is 4.79 Å². The van der Waals surface area contributed by atoms with Gasteiger partial charge in [0.2, 0.25) is 0 Å². The van der Waals surface area contributed by atoms with Gasteiger partial charge in [-0.25, -0.2) is 0 Å². The van der Waals surface area contributed by atoms with Crippen molar-refractivity contribution >= 4 is 5.91 Å². The summed E-state index contributed by atoms with van der Waals surface area (Å²) in [6.07, 6.45) is 7.96. The van der Waals surface area contributed by atoms with Crippen LogP contribution in [0.5, 0.6) is 5.75 Å². The van der Waals surface area contributed by atoms with Crippen molar-refractivity contribution in [3.05, 3.63) is 42.0 Å². The van der Waals surface area contributed by atoms with E-state index in [0.717, 1.165) is 19.4 Å². The summed E-state index contributed by atoms with van der Waals surface area (Å²) < 4.78 is 5.21. The molecule has 0 spiro atoms. The van der Waals surface area contributed by atoms with E-state index in [4.69, 9.17) is 10.5 Å². The summed E-state index contributed by atoms with van der Waals surface area (Å²) in [6.45, 7) is 0.778. The Balaban J connectivity index is 1.78. The smallest absolute Gasteiger partial charge is 0.255 e. The van der Waals surface area contributed by atoms with Gasteiger partial charge in [-0.3, -0.25) is 4.79 Å². The van der Waals surface area contributed by atoms with Crippen LogP contribution in [0.15, 0.2) is 36.4 Å². The second-order valence-electron chi connectivity index (χ2n) is 4.76. The molecule has 0 aliphatic heterocycles. The van der Waals surface area contributed by atoms with E-state index in [1.165, 1.54) is 12.0 Å². The summed E-state index contributed by atoms with van der Waals surface area (Å²) >= 11 is 0. The minimum Gasteiger partial charge on any atom is -0.484 e. The highest BCUT2D eigenvalue weighted by molar-refractivity contribution is 5.75. The lowest BCUT2D eigenvalue weighted by Crippen LogP contribution is -2.29. The molecule has 0 saturated carbocycles. The van der Waals surface area contributed by atoms with Gasteiger partial charge in [0.15, 0.2) is 6.61 Å². The first-order chi connectivity index (χ1) is 9.24. The molecule has 1 unspecified atom stereocenters. The molecule has 1 amide bonds. The van der Waals surface area contributed by atoms with Crippen molar-refractivity contribution < 1.29 is 9.53 Å². The Morgan fingerprint density at radius 2 is 2.11 bits per heavy atom. The summed E-state index contributed by atoms with van der Waals surface area (Å²) in [5, 5.41) is 3.54. The molecule has 1 atom stereocenters. The third-order valence-electron chi connectivity index (χ3n) is 3.17. The zero-order valence-corrected chi connectivity index (χ0v) is 11.0. The summed E-state index contributed by atoms with van der Waals surface area (Å²) in [6, 6.07) is 8.31. The molecule has 1 aliphatic carbocycles. The van der Waals surface area contributed by atoms with Gasteiger partial charge in [-0.2, -0.15) is 0 Å². The van der Waals surface area contributed by atoms with Crippen LogP contribution in [-0.2, 0) is 11.3 Å². The van der Waals surface area contributed by atoms with Gasteiger partial charge in [-0.1, -0.05) is 24.3 Å². The Morgan fingerprint density at radius 3 is 2.74 bits per heavy atom. The molecule has 4 heteroatoms. The highest BCUT2D eigenvalue weighted by Gasteiger charge is 2.08. The van der Waals surface area contributed by atoms with E-state index < -0.39 is 5.91 Å². The fraction of sp³-hybridized carbons (Fsp3) is 0.400. The van der Waals surface area contributed by atoms with Gasteiger partial charge in [0.1, 0.15) is 5.75 Å². The number of allylic oxidation sites excluding steroid dienone is 1. The van der Waals surface area contributed by atoms with Crippen LogP contribution in [0, 0.1) is 0 Å². The molecular formula is C15H20N2O2. The first-order valence-corrected chi connectivity index (χ1v) is 6.62. The number of hydrogen-bond acceptors (Lipinski definition) is 3. The predicted octanol–water partition coefficient (Wildman–Crippen LogP) is 1.75. The molecule has 1 aliphatic rings. The quantitative estimate of drug-likeness (QED) is 0.766. The molecule has 0 saturated heterocycles. The molecule has 0 fully saturated rings. The number of benzene rings is 1. The monoisotopic (exact) mass is 260 g/mol. The molecule has 19 heavy (non-hydrogen) atoms. The normalized spacial score (nSPS) is 18.2. The van der Waals surface area contributed by atoms with Crippen molar-refractivity contribution in [2.75, 3.05) is 6.61 Å². The second kappa shape index (κ2) is 6.95. The van der Waals surface area contributed by atoms with Crippen molar-refractivity contribution in [2.45, 2.75) is 31.8 Å². The van der Waals surface area contributed by atoms with E-state index in [1.807, 2.05) is 24.3 Å². The van der Waals surface area contributed by atoms with Crippen LogP contribution < -0.4 is 15.8 Å². The third kappa shape index (κ3) is 4.75. The summed E-state index contributed by atoms with van der Waals surface area (Å²) in [5.74, 6) is 0.208. The second-order valence-corrected chi connectivity index (χ2v) is 4.76. The highest BCUT2D eigenvalue weighted by Crippen LogP contribution is 2.14. The Bertz CT molecular complexity index is 440. The number of carbonyl (C=O) groups is 1. The van der Waals surface area contributed by atoms with Gasteiger partial charge in [0.25, 0.3) is 5.91 Å². The van der Waals surface area contributed by atoms with Crippen LogP contribution in [0.4, 0.5) is 0 Å². The molecule has 0 aromatic heterocycles. The minimum atomic E-state index is -0.462. The minimum absolute atomic E-state index is 0.0774. The Hall–Kier alpha value is -1.81. The molecule has 0 heterocycles. The third-order valence-corrected chi connectivity index (χ3v) is 3.17. The first kappa shape index (κ1) is 13.6. The van der Waals surface area contributed by atoms with E-state index >= 15 is 0 Å². The summed E-state index contributed by atoms with van der Waals surface area (Å²) in [7, 11) is 0. The van der Waals surface area contributed by atoms with Crippen LogP contribution >= 0.6 is 0 Å². The Morgan fingerprint density at radius 1 is 1.32 bits per heavy atom. The zero-order valence-electron chi connectivity index (χ0n) is 11.0. The molecule has 1 aromatic rings. The lowest BCUT2D eigenvalue weighted by atomic mass is 10.0. The van der Waals surface area contributed by atoms with Crippen molar-refractivity contribution in [1.82, 2.24) is 5.32 Å². The van der Waals surface area contributed by atoms with E-state index in [2.05, 4.69) is 17.5 Å². The highest BCUT2D eigenvalue weighted by atomic mass is 16.5. The number of nitrogens with one attached hydrogen (secondary N) is 1. The lowest BCUT2D eigenvalue weighted by molar-refractivity contribution is -0.119. The average Bonchev–Trinajstić information content (AvgIpc) is 2.45. The fourth-order valence-corrected chi connectivity index (χ4v) is 2.10. The van der Waals surface area contributed by atoms with Gasteiger partial charge in [-0.15, -0.1) is 0 Å². The maximum absolute atomic E-state index is 10.6. The number of ether oxygens (including phenoxy) is 1. The lowest BCUT2D eigenvalue weighted by Gasteiger charge is -2.19. The van der Waals surface area contributed by atoms with Crippen LogP contribution in [0.25, 0.3) is 0 Å². The maximum Gasteiger partial charge on any atom is 0.255 e. The number of hydrogen-bond donors (Lipinski definition) is 2.